The molecule has 30 heavy (non-hydrogen) atoms. The second kappa shape index (κ2) is 8.19. The number of amides is 3. The van der Waals surface area contributed by atoms with Crippen LogP contribution in [-0.4, -0.2) is 73.3 Å². The highest BCUT2D eigenvalue weighted by molar-refractivity contribution is 5.90. The molecule has 4 bridgehead atoms. The van der Waals surface area contributed by atoms with Gasteiger partial charge in [0.1, 0.15) is 6.04 Å². The van der Waals surface area contributed by atoms with Crippen LogP contribution < -0.4 is 5.32 Å². The molecule has 4 aliphatic carbocycles. The summed E-state index contributed by atoms with van der Waals surface area (Å²) in [5.41, 5.74) is -0.276. The number of hydrogen-bond donors (Lipinski definition) is 1. The second-order valence-corrected chi connectivity index (χ2v) is 10.0. The number of hydrogen-bond acceptors (Lipinski definition) is 5. The molecule has 5 aliphatic rings. The van der Waals surface area contributed by atoms with Crippen molar-refractivity contribution in [3.63, 3.8) is 0 Å². The monoisotopic (exact) mass is 419 g/mol. The van der Waals surface area contributed by atoms with E-state index in [2.05, 4.69) is 5.32 Å². The van der Waals surface area contributed by atoms with E-state index in [9.17, 15) is 19.2 Å². The van der Waals surface area contributed by atoms with Gasteiger partial charge in [-0.25, -0.2) is 4.79 Å². The van der Waals surface area contributed by atoms with E-state index in [0.29, 0.717) is 30.7 Å². The molecule has 8 heteroatoms. The molecule has 0 aromatic heterocycles. The average Bonchev–Trinajstić information content (AvgIpc) is 3.18. The van der Waals surface area contributed by atoms with Crippen molar-refractivity contribution in [1.82, 2.24) is 15.1 Å². The van der Waals surface area contributed by atoms with E-state index in [-0.39, 0.29) is 23.8 Å². The van der Waals surface area contributed by atoms with Crippen molar-refractivity contribution in [3.05, 3.63) is 0 Å². The SMILES string of the molecule is CN(C)C(=O)CNC(=O)COC(=O)[C@@H]1CCCN1C(=O)C12CC3CC(CC(C3)C1)C2. The molecular weight excluding hydrogens is 386 g/mol. The van der Waals surface area contributed by atoms with Crippen LogP contribution in [0.1, 0.15) is 51.4 Å². The Morgan fingerprint density at radius 1 is 1.03 bits per heavy atom. The summed E-state index contributed by atoms with van der Waals surface area (Å²) in [6.45, 7) is 0.0166. The Labute approximate surface area is 177 Å². The molecule has 0 aromatic carbocycles. The van der Waals surface area contributed by atoms with Crippen molar-refractivity contribution >= 4 is 23.7 Å². The van der Waals surface area contributed by atoms with Crippen LogP contribution in [0.3, 0.4) is 0 Å². The van der Waals surface area contributed by atoms with Crippen molar-refractivity contribution in [2.45, 2.75) is 57.4 Å². The summed E-state index contributed by atoms with van der Waals surface area (Å²) < 4.78 is 5.21. The number of rotatable bonds is 6. The van der Waals surface area contributed by atoms with Crippen LogP contribution in [0.2, 0.25) is 0 Å². The third kappa shape index (κ3) is 4.05. The highest BCUT2D eigenvalue weighted by Crippen LogP contribution is 2.60. The van der Waals surface area contributed by atoms with Crippen molar-refractivity contribution < 1.29 is 23.9 Å². The maximum absolute atomic E-state index is 13.6. The zero-order valence-electron chi connectivity index (χ0n) is 18.0. The van der Waals surface area contributed by atoms with E-state index in [1.54, 1.807) is 19.0 Å². The van der Waals surface area contributed by atoms with Gasteiger partial charge in [0.15, 0.2) is 6.61 Å². The summed E-state index contributed by atoms with van der Waals surface area (Å²) in [7, 11) is 3.20. The maximum atomic E-state index is 13.6. The fourth-order valence-corrected chi connectivity index (χ4v) is 6.55. The van der Waals surface area contributed by atoms with E-state index >= 15 is 0 Å². The molecule has 5 rings (SSSR count). The highest BCUT2D eigenvalue weighted by atomic mass is 16.5. The topological polar surface area (TPSA) is 96.0 Å². The molecule has 4 saturated carbocycles. The molecule has 166 valence electrons. The quantitative estimate of drug-likeness (QED) is 0.647. The first kappa shape index (κ1) is 21.1. The van der Waals surface area contributed by atoms with Gasteiger partial charge in [-0.2, -0.15) is 0 Å². The molecule has 1 saturated heterocycles. The van der Waals surface area contributed by atoms with E-state index in [1.807, 2.05) is 0 Å². The fraction of sp³-hybridized carbons (Fsp3) is 0.818. The molecule has 0 spiro atoms. The minimum Gasteiger partial charge on any atom is -0.454 e. The zero-order chi connectivity index (χ0) is 21.5. The van der Waals surface area contributed by atoms with E-state index in [1.165, 1.54) is 24.2 Å². The summed E-state index contributed by atoms with van der Waals surface area (Å²) in [5.74, 6) is 0.875. The number of ether oxygens (including phenoxy) is 1. The van der Waals surface area contributed by atoms with Crippen LogP contribution in [0.4, 0.5) is 0 Å². The average molecular weight is 420 g/mol. The van der Waals surface area contributed by atoms with Crippen LogP contribution in [0.5, 0.6) is 0 Å². The normalized spacial score (nSPS) is 34.0. The lowest BCUT2D eigenvalue weighted by atomic mass is 9.49. The van der Waals surface area contributed by atoms with Gasteiger partial charge in [0.05, 0.1) is 12.0 Å². The molecule has 1 heterocycles. The van der Waals surface area contributed by atoms with Gasteiger partial charge in [-0.05, 0) is 69.1 Å². The van der Waals surface area contributed by atoms with Crippen LogP contribution >= 0.6 is 0 Å². The number of esters is 1. The van der Waals surface area contributed by atoms with Gasteiger partial charge in [-0.1, -0.05) is 0 Å². The largest absolute Gasteiger partial charge is 0.454 e. The van der Waals surface area contributed by atoms with E-state index in [0.717, 1.165) is 25.7 Å². The Bertz CT molecular complexity index is 699. The molecular formula is C22H33N3O5. The van der Waals surface area contributed by atoms with Crippen molar-refractivity contribution in [3.8, 4) is 0 Å². The van der Waals surface area contributed by atoms with Gasteiger partial charge in [0.25, 0.3) is 5.91 Å². The number of carbonyl (C=O) groups excluding carboxylic acids is 4. The first-order valence-corrected chi connectivity index (χ1v) is 11.2. The Hall–Kier alpha value is -2.12. The van der Waals surface area contributed by atoms with Crippen LogP contribution in [0.15, 0.2) is 0 Å². The summed E-state index contributed by atoms with van der Waals surface area (Å²) in [5, 5.41) is 2.44. The van der Waals surface area contributed by atoms with Crippen LogP contribution in [0, 0.1) is 23.2 Å². The second-order valence-electron chi connectivity index (χ2n) is 10.0. The lowest BCUT2D eigenvalue weighted by Crippen LogP contribution is -2.56. The Balaban J connectivity index is 1.32. The smallest absolute Gasteiger partial charge is 0.329 e. The number of likely N-dealkylation sites (tertiary alicyclic amines) is 1. The number of carbonyl (C=O) groups is 4. The molecule has 5 fully saturated rings. The molecule has 0 aromatic rings. The van der Waals surface area contributed by atoms with Gasteiger partial charge in [-0.15, -0.1) is 0 Å². The van der Waals surface area contributed by atoms with Crippen LogP contribution in [0.25, 0.3) is 0 Å². The maximum Gasteiger partial charge on any atom is 0.329 e. The zero-order valence-corrected chi connectivity index (χ0v) is 18.0. The number of nitrogens with zero attached hydrogens (tertiary/aromatic N) is 2. The third-order valence-electron chi connectivity index (χ3n) is 7.56. The molecule has 1 atom stereocenters. The molecule has 1 N–H and O–H groups in total. The Morgan fingerprint density at radius 2 is 1.63 bits per heavy atom. The molecule has 0 radical (unpaired) electrons. The van der Waals surface area contributed by atoms with Gasteiger partial charge < -0.3 is 19.9 Å². The number of nitrogens with one attached hydrogen (secondary N) is 1. The predicted molar refractivity (Wildman–Crippen MR) is 108 cm³/mol. The lowest BCUT2D eigenvalue weighted by Gasteiger charge is -2.56. The summed E-state index contributed by atoms with van der Waals surface area (Å²) in [6, 6.07) is -0.596. The number of likely N-dealkylation sites (N-methyl/N-ethyl adjacent to an activating group) is 1. The third-order valence-corrected chi connectivity index (χ3v) is 7.56. The van der Waals surface area contributed by atoms with E-state index in [4.69, 9.17) is 4.74 Å². The van der Waals surface area contributed by atoms with Gasteiger partial charge in [-0.3, -0.25) is 14.4 Å². The first-order valence-electron chi connectivity index (χ1n) is 11.2. The Morgan fingerprint density at radius 3 is 2.20 bits per heavy atom. The van der Waals surface area contributed by atoms with Gasteiger partial charge in [0, 0.05) is 20.6 Å². The fourth-order valence-electron chi connectivity index (χ4n) is 6.55. The predicted octanol–water partition coefficient (Wildman–Crippen LogP) is 0.941. The lowest BCUT2D eigenvalue weighted by molar-refractivity contribution is -0.166. The van der Waals surface area contributed by atoms with Gasteiger partial charge >= 0.3 is 5.97 Å². The van der Waals surface area contributed by atoms with Crippen molar-refractivity contribution in [2.24, 2.45) is 23.2 Å². The standard InChI is InChI=1S/C22H33N3O5/c1-24(2)19(27)12-23-18(26)13-30-20(28)17-4-3-5-25(17)21(29)22-9-14-6-15(10-22)8-16(7-14)11-22/h14-17H,3-13H2,1-2H3,(H,23,26)/t14?,15?,16?,17-,22?/m0/s1. The van der Waals surface area contributed by atoms with Gasteiger partial charge in [0.2, 0.25) is 11.8 Å². The minimum atomic E-state index is -0.596. The molecule has 0 unspecified atom stereocenters. The van der Waals surface area contributed by atoms with Crippen LogP contribution in [-0.2, 0) is 23.9 Å². The molecule has 8 nitrogen and oxygen atoms in total. The van der Waals surface area contributed by atoms with E-state index < -0.39 is 24.5 Å². The summed E-state index contributed by atoms with van der Waals surface area (Å²) >= 11 is 0. The van der Waals surface area contributed by atoms with Crippen molar-refractivity contribution in [1.29, 1.82) is 0 Å². The minimum absolute atomic E-state index is 0.135. The highest BCUT2D eigenvalue weighted by Gasteiger charge is 2.57. The summed E-state index contributed by atoms with van der Waals surface area (Å²) in [4.78, 5) is 52.8. The first-order chi connectivity index (χ1) is 14.3. The Kier molecular flexibility index (Phi) is 5.77. The molecule has 1 aliphatic heterocycles. The van der Waals surface area contributed by atoms with Crippen molar-refractivity contribution in [2.75, 3.05) is 33.8 Å². The molecule has 3 amide bonds. The summed E-state index contributed by atoms with van der Waals surface area (Å²) in [6.07, 6.45) is 8.07.